The molecule has 0 saturated heterocycles. The van der Waals surface area contributed by atoms with Crippen LogP contribution < -0.4 is 0 Å². The number of rotatable bonds is 2. The first-order valence-corrected chi connectivity index (χ1v) is 5.45. The van der Waals surface area contributed by atoms with Gasteiger partial charge < -0.3 is 5.11 Å². The van der Waals surface area contributed by atoms with E-state index in [-0.39, 0.29) is 10.5 Å². The van der Waals surface area contributed by atoms with Crippen LogP contribution in [0, 0.1) is 4.78 Å². The SMILES string of the molecule is C[S@](=N)(=O)c1cccc(C(=O)O)c1. The van der Waals surface area contributed by atoms with Crippen LogP contribution in [0.15, 0.2) is 29.2 Å². The zero-order valence-electron chi connectivity index (χ0n) is 6.98. The van der Waals surface area contributed by atoms with Crippen LogP contribution in [0.4, 0.5) is 0 Å². The third-order valence-electron chi connectivity index (χ3n) is 1.53. The monoisotopic (exact) mass is 199 g/mol. The molecule has 4 nitrogen and oxygen atoms in total. The van der Waals surface area contributed by atoms with Gasteiger partial charge in [0.25, 0.3) is 0 Å². The fourth-order valence-corrected chi connectivity index (χ4v) is 1.56. The molecule has 0 fully saturated rings. The summed E-state index contributed by atoms with van der Waals surface area (Å²) >= 11 is 0. The Morgan fingerprint density at radius 2 is 2.15 bits per heavy atom. The van der Waals surface area contributed by atoms with Gasteiger partial charge >= 0.3 is 5.97 Å². The molecule has 2 N–H and O–H groups in total. The molecule has 1 rings (SSSR count). The third-order valence-corrected chi connectivity index (χ3v) is 2.68. The number of carbonyl (C=O) groups is 1. The lowest BCUT2D eigenvalue weighted by atomic mass is 10.2. The van der Waals surface area contributed by atoms with Crippen LogP contribution in [0.5, 0.6) is 0 Å². The lowest BCUT2D eigenvalue weighted by Crippen LogP contribution is -2.00. The highest BCUT2D eigenvalue weighted by atomic mass is 32.2. The summed E-state index contributed by atoms with van der Waals surface area (Å²) in [7, 11) is -2.82. The molecule has 0 aromatic heterocycles. The van der Waals surface area contributed by atoms with E-state index >= 15 is 0 Å². The Balaban J connectivity index is 3.29. The third kappa shape index (κ3) is 2.29. The van der Waals surface area contributed by atoms with Gasteiger partial charge in [0.2, 0.25) is 0 Å². The highest BCUT2D eigenvalue weighted by Gasteiger charge is 2.07. The summed E-state index contributed by atoms with van der Waals surface area (Å²) in [6.45, 7) is 0. The number of carboxylic acid groups (broad SMARTS) is 1. The van der Waals surface area contributed by atoms with Crippen molar-refractivity contribution >= 4 is 15.7 Å². The van der Waals surface area contributed by atoms with Gasteiger partial charge in [-0.1, -0.05) is 6.07 Å². The molecule has 5 heteroatoms. The quantitative estimate of drug-likeness (QED) is 0.756. The van der Waals surface area contributed by atoms with Crippen molar-refractivity contribution in [3.63, 3.8) is 0 Å². The van der Waals surface area contributed by atoms with Crippen molar-refractivity contribution in [2.24, 2.45) is 0 Å². The van der Waals surface area contributed by atoms with Crippen LogP contribution in [0.2, 0.25) is 0 Å². The molecule has 13 heavy (non-hydrogen) atoms. The molecule has 1 atom stereocenters. The van der Waals surface area contributed by atoms with Crippen molar-refractivity contribution in [2.75, 3.05) is 6.26 Å². The predicted octanol–water partition coefficient (Wildman–Crippen LogP) is 1.42. The second-order valence-corrected chi connectivity index (χ2v) is 4.84. The highest BCUT2D eigenvalue weighted by Crippen LogP contribution is 2.11. The molecule has 0 aliphatic heterocycles. The van der Waals surface area contributed by atoms with E-state index in [0.717, 1.165) is 0 Å². The predicted molar refractivity (Wildman–Crippen MR) is 48.5 cm³/mol. The van der Waals surface area contributed by atoms with E-state index in [1.54, 1.807) is 0 Å². The lowest BCUT2D eigenvalue weighted by molar-refractivity contribution is 0.0696. The van der Waals surface area contributed by atoms with Gasteiger partial charge in [-0.05, 0) is 18.2 Å². The Morgan fingerprint density at radius 3 is 2.62 bits per heavy atom. The summed E-state index contributed by atoms with van der Waals surface area (Å²) in [5, 5.41) is 8.62. The van der Waals surface area contributed by atoms with Crippen molar-refractivity contribution in [1.29, 1.82) is 4.78 Å². The van der Waals surface area contributed by atoms with Crippen LogP contribution in [0.1, 0.15) is 10.4 Å². The van der Waals surface area contributed by atoms with Crippen molar-refractivity contribution < 1.29 is 14.1 Å². The molecular formula is C8H9NO3S. The summed E-state index contributed by atoms with van der Waals surface area (Å²) < 4.78 is 18.5. The van der Waals surface area contributed by atoms with Gasteiger partial charge in [0, 0.05) is 11.2 Å². The Labute approximate surface area is 76.2 Å². The van der Waals surface area contributed by atoms with E-state index in [9.17, 15) is 9.00 Å². The molecule has 0 unspecified atom stereocenters. The summed E-state index contributed by atoms with van der Waals surface area (Å²) in [6, 6.07) is 5.63. The van der Waals surface area contributed by atoms with E-state index in [0.29, 0.717) is 0 Å². The smallest absolute Gasteiger partial charge is 0.335 e. The maximum atomic E-state index is 11.2. The molecule has 1 aromatic carbocycles. The van der Waals surface area contributed by atoms with Crippen LogP contribution in [-0.4, -0.2) is 21.5 Å². The highest BCUT2D eigenvalue weighted by molar-refractivity contribution is 7.91. The maximum absolute atomic E-state index is 11.2. The average molecular weight is 199 g/mol. The first-order chi connectivity index (χ1) is 5.91. The van der Waals surface area contributed by atoms with Crippen LogP contribution in [0.3, 0.4) is 0 Å². The largest absolute Gasteiger partial charge is 0.478 e. The van der Waals surface area contributed by atoms with Gasteiger partial charge in [-0.15, -0.1) is 0 Å². The van der Waals surface area contributed by atoms with Gasteiger partial charge in [-0.3, -0.25) is 0 Å². The van der Waals surface area contributed by atoms with Crippen molar-refractivity contribution in [3.8, 4) is 0 Å². The molecule has 0 aliphatic rings. The Hall–Kier alpha value is -1.36. The summed E-state index contributed by atoms with van der Waals surface area (Å²) in [4.78, 5) is 10.8. The number of nitrogens with one attached hydrogen (secondary N) is 1. The topological polar surface area (TPSA) is 78.2 Å². The van der Waals surface area contributed by atoms with E-state index < -0.39 is 15.7 Å². The molecule has 70 valence electrons. The van der Waals surface area contributed by atoms with Crippen molar-refractivity contribution in [2.45, 2.75) is 4.90 Å². The van der Waals surface area contributed by atoms with Crippen LogP contribution in [0.25, 0.3) is 0 Å². The van der Waals surface area contributed by atoms with Crippen molar-refractivity contribution in [3.05, 3.63) is 29.8 Å². The molecule has 0 saturated carbocycles. The van der Waals surface area contributed by atoms with Gasteiger partial charge in [0.05, 0.1) is 15.3 Å². The van der Waals surface area contributed by atoms with E-state index in [4.69, 9.17) is 9.89 Å². The zero-order chi connectivity index (χ0) is 10.1. The Morgan fingerprint density at radius 1 is 1.54 bits per heavy atom. The fourth-order valence-electron chi connectivity index (χ4n) is 0.871. The number of benzene rings is 1. The maximum Gasteiger partial charge on any atom is 0.335 e. The summed E-state index contributed by atoms with van der Waals surface area (Å²) in [5.74, 6) is -1.08. The van der Waals surface area contributed by atoms with Gasteiger partial charge in [0.1, 0.15) is 0 Å². The minimum Gasteiger partial charge on any atom is -0.478 e. The molecule has 0 radical (unpaired) electrons. The molecule has 0 amide bonds. The number of aromatic carboxylic acids is 1. The number of carboxylic acids is 1. The lowest BCUT2D eigenvalue weighted by Gasteiger charge is -2.01. The zero-order valence-corrected chi connectivity index (χ0v) is 7.80. The van der Waals surface area contributed by atoms with Crippen molar-refractivity contribution in [1.82, 2.24) is 0 Å². The average Bonchev–Trinajstić information content (AvgIpc) is 2.03. The van der Waals surface area contributed by atoms with Crippen LogP contribution >= 0.6 is 0 Å². The first kappa shape index (κ1) is 9.73. The van der Waals surface area contributed by atoms with Gasteiger partial charge in [-0.25, -0.2) is 13.8 Å². The van der Waals surface area contributed by atoms with E-state index in [1.807, 2.05) is 0 Å². The summed E-state index contributed by atoms with van der Waals surface area (Å²) in [5.41, 5.74) is 0.0549. The second kappa shape index (κ2) is 3.18. The molecule has 0 spiro atoms. The molecule has 0 heterocycles. The first-order valence-electron chi connectivity index (χ1n) is 3.48. The normalized spacial score (nSPS) is 14.8. The van der Waals surface area contributed by atoms with Crippen LogP contribution in [-0.2, 0) is 9.73 Å². The standard InChI is InChI=1S/C8H9NO3S/c1-13(9,12)7-4-2-3-6(5-7)8(10)11/h2-5,9H,1H3,(H,10,11)/t13-/m0/s1. The minimum absolute atomic E-state index is 0.0549. The van der Waals surface area contributed by atoms with Gasteiger partial charge in [0.15, 0.2) is 0 Å². The molecule has 1 aromatic rings. The Bertz CT molecular complexity index is 436. The molecular weight excluding hydrogens is 190 g/mol. The number of hydrogen-bond acceptors (Lipinski definition) is 3. The second-order valence-electron chi connectivity index (χ2n) is 2.68. The number of hydrogen-bond donors (Lipinski definition) is 2. The summed E-state index contributed by atoms with van der Waals surface area (Å²) in [6.07, 6.45) is 1.26. The van der Waals surface area contributed by atoms with E-state index in [1.165, 1.54) is 30.5 Å². The van der Waals surface area contributed by atoms with Gasteiger partial charge in [-0.2, -0.15) is 0 Å². The van der Waals surface area contributed by atoms with E-state index in [2.05, 4.69) is 0 Å². The Kier molecular flexibility index (Phi) is 2.38. The minimum atomic E-state index is -2.82. The fraction of sp³-hybridized carbons (Fsp3) is 0.125. The molecule has 0 bridgehead atoms. The molecule has 0 aliphatic carbocycles.